The molecule has 0 radical (unpaired) electrons. The summed E-state index contributed by atoms with van der Waals surface area (Å²) in [7, 11) is 1.39. The van der Waals surface area contributed by atoms with Crippen molar-refractivity contribution in [2.24, 2.45) is 0 Å². The summed E-state index contributed by atoms with van der Waals surface area (Å²) in [6.45, 7) is -1.54. The summed E-state index contributed by atoms with van der Waals surface area (Å²) in [5.41, 5.74) is -0.0203. The normalized spacial score (nSPS) is 40.2. The summed E-state index contributed by atoms with van der Waals surface area (Å²) in [5.74, 6) is -0.793. The molecule has 0 saturated carbocycles. The predicted octanol–water partition coefficient (Wildman–Crippen LogP) is -4.22. The van der Waals surface area contributed by atoms with Crippen LogP contribution in [0.2, 0.25) is 0 Å². The molecule has 0 bridgehead atoms. The van der Waals surface area contributed by atoms with Crippen LogP contribution in [-0.4, -0.2) is 135 Å². The monoisotopic (exact) mass is 535 g/mol. The van der Waals surface area contributed by atoms with Crippen LogP contribution in [0.1, 0.15) is 0 Å². The molecule has 2 fully saturated rings. The lowest BCUT2D eigenvalue weighted by atomic mass is 9.97. The number of hydroxylamine groups is 1. The number of amides is 1. The number of carbonyl (C=O) groups excluding carboxylic acids is 1. The maximum Gasteiger partial charge on any atom is 0.320 e. The van der Waals surface area contributed by atoms with E-state index >= 15 is 0 Å². The van der Waals surface area contributed by atoms with Gasteiger partial charge in [0.05, 0.1) is 20.3 Å². The quantitative estimate of drug-likeness (QED) is 0.154. The molecule has 0 spiro atoms. The summed E-state index contributed by atoms with van der Waals surface area (Å²) in [6.07, 6.45) is -18.9. The number of aliphatic hydroxyl groups is 7. The zero-order valence-electron chi connectivity index (χ0n) is 19.4. The Morgan fingerprint density at radius 1 is 0.865 bits per heavy atom. The van der Waals surface area contributed by atoms with E-state index in [1.54, 1.807) is 0 Å². The van der Waals surface area contributed by atoms with Crippen LogP contribution in [0.3, 0.4) is 0 Å². The molecular formula is C21H29NO15. The number of fused-ring (bicyclic) bond motifs is 1. The first kappa shape index (κ1) is 27.8. The van der Waals surface area contributed by atoms with Crippen molar-refractivity contribution < 1.29 is 74.2 Å². The van der Waals surface area contributed by atoms with Gasteiger partial charge in [0.2, 0.25) is 0 Å². The highest BCUT2D eigenvalue weighted by atomic mass is 16.8. The number of hydrogen-bond acceptors (Lipinski definition) is 15. The maximum atomic E-state index is 12.7. The molecule has 11 atom stereocenters. The standard InChI is InChI=1S/C21H29NO15/c1-32-7-2-3-8-9(4-7)33-21(18(30)22(8)31)37-20-17(15(28)13(26)11(6-24)35-20)36-19-16(29)14(27)12(25)10(5-23)34-19/h2-4,10-17,19-21,23-29,31H,5-6H2,1H3. The van der Waals surface area contributed by atoms with Crippen molar-refractivity contribution in [3.05, 3.63) is 18.2 Å². The molecule has 208 valence electrons. The molecule has 0 aromatic heterocycles. The van der Waals surface area contributed by atoms with E-state index in [0.29, 0.717) is 5.75 Å². The second-order valence-electron chi connectivity index (χ2n) is 8.57. The molecule has 2 saturated heterocycles. The van der Waals surface area contributed by atoms with Crippen LogP contribution in [-0.2, 0) is 23.7 Å². The number of carbonyl (C=O) groups is 1. The molecule has 16 heteroatoms. The molecule has 4 rings (SSSR count). The van der Waals surface area contributed by atoms with E-state index in [2.05, 4.69) is 0 Å². The Morgan fingerprint density at radius 3 is 2.11 bits per heavy atom. The van der Waals surface area contributed by atoms with Gasteiger partial charge in [-0.2, -0.15) is 5.06 Å². The van der Waals surface area contributed by atoms with Crippen molar-refractivity contribution in [3.63, 3.8) is 0 Å². The van der Waals surface area contributed by atoms with E-state index in [1.807, 2.05) is 0 Å². The fraction of sp³-hybridized carbons (Fsp3) is 0.667. The number of hydrogen-bond donors (Lipinski definition) is 8. The smallest absolute Gasteiger partial charge is 0.320 e. The highest BCUT2D eigenvalue weighted by Crippen LogP contribution is 2.38. The van der Waals surface area contributed by atoms with Crippen LogP contribution in [0.5, 0.6) is 11.5 Å². The highest BCUT2D eigenvalue weighted by molar-refractivity contribution is 5.97. The molecule has 1 amide bonds. The van der Waals surface area contributed by atoms with Gasteiger partial charge in [0, 0.05) is 6.07 Å². The zero-order chi connectivity index (χ0) is 27.0. The fourth-order valence-electron chi connectivity index (χ4n) is 4.13. The highest BCUT2D eigenvalue weighted by Gasteiger charge is 2.52. The minimum Gasteiger partial charge on any atom is -0.497 e. The van der Waals surface area contributed by atoms with E-state index in [4.69, 9.17) is 28.4 Å². The number of benzene rings is 1. The molecule has 8 N–H and O–H groups in total. The van der Waals surface area contributed by atoms with Crippen molar-refractivity contribution in [1.82, 2.24) is 0 Å². The van der Waals surface area contributed by atoms with Gasteiger partial charge in [0.1, 0.15) is 60.3 Å². The third-order valence-electron chi connectivity index (χ3n) is 6.26. The Hall–Kier alpha value is -2.19. The van der Waals surface area contributed by atoms with Crippen molar-refractivity contribution in [2.75, 3.05) is 25.4 Å². The molecule has 3 aliphatic heterocycles. The van der Waals surface area contributed by atoms with E-state index in [0.717, 1.165) is 0 Å². The molecular weight excluding hydrogens is 506 g/mol. The lowest BCUT2D eigenvalue weighted by molar-refractivity contribution is -0.376. The van der Waals surface area contributed by atoms with E-state index in [-0.39, 0.29) is 16.5 Å². The third kappa shape index (κ3) is 5.24. The minimum atomic E-state index is -1.88. The summed E-state index contributed by atoms with van der Waals surface area (Å²) in [5, 5.41) is 80.9. The van der Waals surface area contributed by atoms with Gasteiger partial charge in [-0.25, -0.2) is 0 Å². The number of rotatable bonds is 7. The summed E-state index contributed by atoms with van der Waals surface area (Å²) in [4.78, 5) is 12.7. The van der Waals surface area contributed by atoms with Gasteiger partial charge in [-0.1, -0.05) is 0 Å². The van der Waals surface area contributed by atoms with Crippen LogP contribution >= 0.6 is 0 Å². The Labute approximate surface area is 209 Å². The Balaban J connectivity index is 1.58. The molecule has 3 heterocycles. The Kier molecular flexibility index (Phi) is 8.48. The average molecular weight is 535 g/mol. The van der Waals surface area contributed by atoms with Gasteiger partial charge < -0.3 is 64.2 Å². The first-order valence-corrected chi connectivity index (χ1v) is 11.2. The van der Waals surface area contributed by atoms with Crippen LogP contribution < -0.4 is 14.5 Å². The number of methoxy groups -OCH3 is 1. The van der Waals surface area contributed by atoms with E-state index < -0.39 is 86.8 Å². The van der Waals surface area contributed by atoms with Crippen molar-refractivity contribution >= 4 is 11.6 Å². The summed E-state index contributed by atoms with van der Waals surface area (Å²) in [6, 6.07) is 4.19. The number of nitrogens with zero attached hydrogens (tertiary/aromatic N) is 1. The Bertz CT molecular complexity index is 949. The SMILES string of the molecule is COc1ccc2c(c1)OC(OC1OC(CO)C(O)C(O)C1OC1OC(CO)C(O)C(O)C1O)C(=O)N2O. The molecule has 11 unspecified atom stereocenters. The van der Waals surface area contributed by atoms with Crippen molar-refractivity contribution in [3.8, 4) is 11.5 Å². The number of aliphatic hydroxyl groups excluding tert-OH is 7. The summed E-state index contributed by atoms with van der Waals surface area (Å²) >= 11 is 0. The second kappa shape index (κ2) is 11.3. The minimum absolute atomic E-state index is 0.0203. The van der Waals surface area contributed by atoms with Gasteiger partial charge in [-0.3, -0.25) is 10.0 Å². The molecule has 37 heavy (non-hydrogen) atoms. The summed E-state index contributed by atoms with van der Waals surface area (Å²) < 4.78 is 32.4. The van der Waals surface area contributed by atoms with Crippen LogP contribution in [0.25, 0.3) is 0 Å². The van der Waals surface area contributed by atoms with Gasteiger partial charge in [-0.05, 0) is 12.1 Å². The number of anilines is 1. The lowest BCUT2D eigenvalue weighted by Crippen LogP contribution is -2.65. The molecule has 3 aliphatic rings. The average Bonchev–Trinajstić information content (AvgIpc) is 2.90. The third-order valence-corrected chi connectivity index (χ3v) is 6.26. The second-order valence-corrected chi connectivity index (χ2v) is 8.57. The largest absolute Gasteiger partial charge is 0.497 e. The van der Waals surface area contributed by atoms with Crippen molar-refractivity contribution in [2.45, 2.75) is 67.7 Å². The van der Waals surface area contributed by atoms with Crippen LogP contribution in [0.4, 0.5) is 5.69 Å². The van der Waals surface area contributed by atoms with Gasteiger partial charge in [-0.15, -0.1) is 0 Å². The maximum absolute atomic E-state index is 12.7. The van der Waals surface area contributed by atoms with Gasteiger partial charge in [0.15, 0.2) is 18.3 Å². The number of ether oxygens (including phenoxy) is 6. The predicted molar refractivity (Wildman–Crippen MR) is 114 cm³/mol. The van der Waals surface area contributed by atoms with Gasteiger partial charge >= 0.3 is 5.91 Å². The molecule has 16 nitrogen and oxygen atoms in total. The van der Waals surface area contributed by atoms with Gasteiger partial charge in [0.25, 0.3) is 6.29 Å². The first-order chi connectivity index (χ1) is 17.6. The fourth-order valence-corrected chi connectivity index (χ4v) is 4.13. The van der Waals surface area contributed by atoms with Crippen LogP contribution in [0, 0.1) is 0 Å². The van der Waals surface area contributed by atoms with Crippen molar-refractivity contribution in [1.29, 1.82) is 0 Å². The van der Waals surface area contributed by atoms with E-state index in [1.165, 1.54) is 25.3 Å². The topological polar surface area (TPSA) is 238 Å². The lowest BCUT2D eigenvalue weighted by Gasteiger charge is -2.46. The first-order valence-electron chi connectivity index (χ1n) is 11.2. The molecule has 1 aromatic rings. The van der Waals surface area contributed by atoms with E-state index in [9.17, 15) is 45.7 Å². The zero-order valence-corrected chi connectivity index (χ0v) is 19.4. The molecule has 1 aromatic carbocycles. The molecule has 0 aliphatic carbocycles. The van der Waals surface area contributed by atoms with Crippen LogP contribution in [0.15, 0.2) is 18.2 Å². The Morgan fingerprint density at radius 2 is 1.49 bits per heavy atom.